The molecule has 0 aromatic rings. The van der Waals surface area contributed by atoms with Gasteiger partial charge < -0.3 is 14.4 Å². The first-order valence-electron chi connectivity index (χ1n) is 3.69. The zero-order chi connectivity index (χ0) is 9.83. The summed E-state index contributed by atoms with van der Waals surface area (Å²) < 4.78 is 35.9. The predicted octanol–water partition coefficient (Wildman–Crippen LogP) is -2.98. The van der Waals surface area contributed by atoms with Gasteiger partial charge in [0.1, 0.15) is 0 Å². The molecule has 74 valence electrons. The van der Waals surface area contributed by atoms with Crippen molar-refractivity contribution in [3.63, 3.8) is 0 Å². The zero-order valence-corrected chi connectivity index (χ0v) is 10.9. The Kier molecular flexibility index (Phi) is 7.93. The molecule has 1 N–H and O–H groups in total. The molecule has 1 atom stereocenters. The van der Waals surface area contributed by atoms with Crippen LogP contribution in [-0.4, -0.2) is 29.8 Å². The molecule has 0 saturated heterocycles. The van der Waals surface area contributed by atoms with Gasteiger partial charge >= 0.3 is 29.6 Å². The Balaban J connectivity index is 0. The minimum atomic E-state index is -4.80. The van der Waals surface area contributed by atoms with E-state index in [1.165, 1.54) is 6.92 Å². The molecule has 0 radical (unpaired) electrons. The number of hydrogen-bond acceptors (Lipinski definition) is 5. The maximum atomic E-state index is 10.5. The summed E-state index contributed by atoms with van der Waals surface area (Å²) in [5.41, 5.74) is 0. The molecule has 0 bridgehead atoms. The predicted molar refractivity (Wildman–Crippen MR) is 41.2 cm³/mol. The summed E-state index contributed by atoms with van der Waals surface area (Å²) in [6.45, 7) is 3.16. The average molecular weight is 220 g/mol. The SMILES string of the molecule is CCCOC(O)(CC)S(=O)(=O)[O-].[Na+]. The van der Waals surface area contributed by atoms with Crippen molar-refractivity contribution in [1.82, 2.24) is 0 Å². The van der Waals surface area contributed by atoms with Gasteiger partial charge in [-0.2, -0.15) is 0 Å². The van der Waals surface area contributed by atoms with E-state index in [1.54, 1.807) is 6.92 Å². The summed E-state index contributed by atoms with van der Waals surface area (Å²) >= 11 is 0. The number of hydrogen-bond donors (Lipinski definition) is 1. The van der Waals surface area contributed by atoms with E-state index in [-0.39, 0.29) is 42.6 Å². The van der Waals surface area contributed by atoms with Gasteiger partial charge in [0.2, 0.25) is 0 Å². The third-order valence-corrected chi connectivity index (χ3v) is 2.56. The molecular weight excluding hydrogens is 207 g/mol. The van der Waals surface area contributed by atoms with Crippen LogP contribution in [0.1, 0.15) is 26.7 Å². The van der Waals surface area contributed by atoms with Crippen molar-refractivity contribution in [2.24, 2.45) is 0 Å². The fourth-order valence-electron chi connectivity index (χ4n) is 0.613. The van der Waals surface area contributed by atoms with Gasteiger partial charge in [-0.05, 0) is 6.42 Å². The molecule has 0 saturated carbocycles. The second-order valence-corrected chi connectivity index (χ2v) is 3.92. The van der Waals surface area contributed by atoms with E-state index in [2.05, 4.69) is 4.74 Å². The Hall–Kier alpha value is 0.830. The second kappa shape index (κ2) is 6.34. The Morgan fingerprint density at radius 2 is 1.92 bits per heavy atom. The normalized spacial score (nSPS) is 16.0. The van der Waals surface area contributed by atoms with Gasteiger partial charge in [-0.25, -0.2) is 8.42 Å². The molecule has 0 aliphatic heterocycles. The van der Waals surface area contributed by atoms with E-state index >= 15 is 0 Å². The van der Waals surface area contributed by atoms with Gasteiger partial charge in [-0.1, -0.05) is 13.8 Å². The molecule has 13 heavy (non-hydrogen) atoms. The topological polar surface area (TPSA) is 86.7 Å². The third-order valence-electron chi connectivity index (χ3n) is 1.37. The summed E-state index contributed by atoms with van der Waals surface area (Å²) in [7, 11) is -4.80. The van der Waals surface area contributed by atoms with Gasteiger partial charge in [-0.15, -0.1) is 0 Å². The van der Waals surface area contributed by atoms with Crippen LogP contribution in [0.3, 0.4) is 0 Å². The Bertz CT molecular complexity index is 227. The van der Waals surface area contributed by atoms with Crippen molar-refractivity contribution in [2.45, 2.75) is 31.8 Å². The number of rotatable bonds is 5. The fraction of sp³-hybridized carbons (Fsp3) is 1.00. The van der Waals surface area contributed by atoms with Crippen LogP contribution < -0.4 is 29.6 Å². The first kappa shape index (κ1) is 16.3. The van der Waals surface area contributed by atoms with Crippen LogP contribution in [0.5, 0.6) is 0 Å². The fourth-order valence-corrected chi connectivity index (χ4v) is 1.19. The molecule has 0 aliphatic carbocycles. The van der Waals surface area contributed by atoms with Crippen molar-refractivity contribution in [3.8, 4) is 0 Å². The van der Waals surface area contributed by atoms with Crippen molar-refractivity contribution >= 4 is 10.1 Å². The molecule has 0 aromatic heterocycles. The second-order valence-electron chi connectivity index (χ2n) is 2.37. The molecule has 1 unspecified atom stereocenters. The Morgan fingerprint density at radius 3 is 2.15 bits per heavy atom. The van der Waals surface area contributed by atoms with Crippen LogP contribution >= 0.6 is 0 Å². The van der Waals surface area contributed by atoms with Crippen LogP contribution in [0.15, 0.2) is 0 Å². The monoisotopic (exact) mass is 220 g/mol. The first-order chi connectivity index (χ1) is 5.37. The quantitative estimate of drug-likeness (QED) is 0.303. The van der Waals surface area contributed by atoms with Crippen molar-refractivity contribution in [2.75, 3.05) is 6.61 Å². The molecule has 0 heterocycles. The van der Waals surface area contributed by atoms with Crippen molar-refractivity contribution in [1.29, 1.82) is 0 Å². The maximum absolute atomic E-state index is 10.5. The van der Waals surface area contributed by atoms with Gasteiger partial charge in [0, 0.05) is 6.42 Å². The number of ether oxygens (including phenoxy) is 1. The van der Waals surface area contributed by atoms with E-state index in [1.807, 2.05) is 0 Å². The third kappa shape index (κ3) is 4.73. The largest absolute Gasteiger partial charge is 1.00 e. The van der Waals surface area contributed by atoms with E-state index < -0.39 is 15.2 Å². The smallest absolute Gasteiger partial charge is 0.744 e. The summed E-state index contributed by atoms with van der Waals surface area (Å²) in [6.07, 6.45) is 0.274. The first-order valence-corrected chi connectivity index (χ1v) is 5.10. The molecule has 0 aromatic carbocycles. The minimum absolute atomic E-state index is 0. The molecule has 0 fully saturated rings. The molecule has 0 amide bonds. The maximum Gasteiger partial charge on any atom is 1.00 e. The van der Waals surface area contributed by atoms with E-state index in [0.29, 0.717) is 6.42 Å². The van der Waals surface area contributed by atoms with Crippen LogP contribution in [-0.2, 0) is 14.9 Å². The summed E-state index contributed by atoms with van der Waals surface area (Å²) in [4.78, 5) is 0. The minimum Gasteiger partial charge on any atom is -0.744 e. The summed E-state index contributed by atoms with van der Waals surface area (Å²) in [6, 6.07) is 0. The molecule has 0 aliphatic rings. The summed E-state index contributed by atoms with van der Waals surface area (Å²) in [5.74, 6) is 0. The van der Waals surface area contributed by atoms with Crippen molar-refractivity contribution < 1.29 is 52.4 Å². The molecular formula is C6H13NaO5S. The summed E-state index contributed by atoms with van der Waals surface area (Å²) in [5, 5.41) is 6.61. The van der Waals surface area contributed by atoms with Crippen LogP contribution in [0, 0.1) is 0 Å². The number of aliphatic hydroxyl groups is 1. The zero-order valence-electron chi connectivity index (χ0n) is 8.11. The average Bonchev–Trinajstić information content (AvgIpc) is 1.98. The van der Waals surface area contributed by atoms with Crippen LogP contribution in [0.4, 0.5) is 0 Å². The van der Waals surface area contributed by atoms with Gasteiger partial charge in [-0.3, -0.25) is 0 Å². The Labute approximate surface area is 101 Å². The van der Waals surface area contributed by atoms with Gasteiger partial charge in [0.05, 0.1) is 6.61 Å². The Morgan fingerprint density at radius 1 is 1.46 bits per heavy atom. The standard InChI is InChI=1S/C6H14O5S.Na/c1-3-5-11-6(7,4-2)12(8,9)10;/h7H,3-5H2,1-2H3,(H,8,9,10);/q;+1/p-1. The van der Waals surface area contributed by atoms with E-state index in [0.717, 1.165) is 0 Å². The molecule has 5 nitrogen and oxygen atoms in total. The van der Waals surface area contributed by atoms with E-state index in [4.69, 9.17) is 5.11 Å². The van der Waals surface area contributed by atoms with Gasteiger partial charge in [0.15, 0.2) is 10.1 Å². The molecule has 0 rings (SSSR count). The van der Waals surface area contributed by atoms with Gasteiger partial charge in [0.25, 0.3) is 5.12 Å². The van der Waals surface area contributed by atoms with Crippen molar-refractivity contribution in [3.05, 3.63) is 0 Å². The molecule has 7 heteroatoms. The van der Waals surface area contributed by atoms with Crippen LogP contribution in [0.2, 0.25) is 0 Å². The van der Waals surface area contributed by atoms with Crippen LogP contribution in [0.25, 0.3) is 0 Å². The van der Waals surface area contributed by atoms with E-state index in [9.17, 15) is 13.0 Å². The molecule has 0 spiro atoms.